The molecule has 0 aromatic heterocycles. The van der Waals surface area contributed by atoms with E-state index in [1.165, 1.54) is 11.1 Å². The van der Waals surface area contributed by atoms with Gasteiger partial charge in [0.15, 0.2) is 0 Å². The number of nitrogens with one attached hydrogen (secondary N) is 1. The quantitative estimate of drug-likeness (QED) is 0.816. The van der Waals surface area contributed by atoms with Crippen LogP contribution in [0.5, 0.6) is 0 Å². The molecule has 4 heteroatoms. The molecule has 120 valence electrons. The number of hydrogen-bond acceptors (Lipinski definition) is 3. The first-order valence-corrected chi connectivity index (χ1v) is 8.54. The summed E-state index contributed by atoms with van der Waals surface area (Å²) in [5.41, 5.74) is 8.50. The van der Waals surface area contributed by atoms with E-state index >= 15 is 0 Å². The van der Waals surface area contributed by atoms with Gasteiger partial charge in [-0.15, -0.1) is 0 Å². The Morgan fingerprint density at radius 1 is 1.23 bits per heavy atom. The topological polar surface area (TPSA) is 58.4 Å². The lowest BCUT2D eigenvalue weighted by Crippen LogP contribution is -2.52. The summed E-state index contributed by atoms with van der Waals surface area (Å²) in [6.07, 6.45) is 5.95. The second kappa shape index (κ2) is 6.80. The van der Waals surface area contributed by atoms with Crippen molar-refractivity contribution in [3.63, 3.8) is 0 Å². The molecule has 0 unspecified atom stereocenters. The Bertz CT molecular complexity index is 523. The number of carbonyl (C=O) groups is 1. The van der Waals surface area contributed by atoms with Gasteiger partial charge in [0.2, 0.25) is 5.91 Å². The van der Waals surface area contributed by atoms with Crippen molar-refractivity contribution in [1.29, 1.82) is 0 Å². The van der Waals surface area contributed by atoms with Crippen LogP contribution in [0.25, 0.3) is 0 Å². The van der Waals surface area contributed by atoms with Crippen LogP contribution in [0.1, 0.15) is 43.2 Å². The van der Waals surface area contributed by atoms with Crippen molar-refractivity contribution in [2.24, 2.45) is 5.73 Å². The zero-order valence-electron chi connectivity index (χ0n) is 13.3. The third-order valence-electron chi connectivity index (χ3n) is 5.09. The second-order valence-corrected chi connectivity index (χ2v) is 6.77. The lowest BCUT2D eigenvalue weighted by Gasteiger charge is -2.29. The molecule has 0 spiro atoms. The van der Waals surface area contributed by atoms with Crippen LogP contribution in [0.2, 0.25) is 0 Å². The molecular weight excluding hydrogens is 274 g/mol. The van der Waals surface area contributed by atoms with Crippen LogP contribution in [0.15, 0.2) is 24.3 Å². The van der Waals surface area contributed by atoms with E-state index in [2.05, 4.69) is 34.5 Å². The first kappa shape index (κ1) is 15.5. The fraction of sp³-hybridized carbons (Fsp3) is 0.611. The van der Waals surface area contributed by atoms with E-state index in [0.29, 0.717) is 0 Å². The standard InChI is InChI=1S/C18H27N3O/c19-18(9-3-4-10-18)17(22)20-11-5-12-21-13-8-15-6-1-2-7-16(15)14-21/h1-2,6-7H,3-5,8-14,19H2,(H,20,22). The molecule has 1 fully saturated rings. The molecule has 0 saturated heterocycles. The number of nitrogens with zero attached hydrogens (tertiary/aromatic N) is 1. The molecule has 1 aromatic carbocycles. The monoisotopic (exact) mass is 301 g/mol. The van der Waals surface area contributed by atoms with Crippen LogP contribution in [-0.4, -0.2) is 36.0 Å². The average molecular weight is 301 g/mol. The number of fused-ring (bicyclic) bond motifs is 1. The van der Waals surface area contributed by atoms with E-state index < -0.39 is 5.54 Å². The SMILES string of the molecule is NC1(C(=O)NCCCN2CCc3ccccc3C2)CCCC1. The maximum Gasteiger partial charge on any atom is 0.240 e. The molecule has 0 atom stereocenters. The number of rotatable bonds is 5. The molecule has 1 heterocycles. The Hall–Kier alpha value is -1.39. The summed E-state index contributed by atoms with van der Waals surface area (Å²) in [7, 11) is 0. The smallest absolute Gasteiger partial charge is 0.240 e. The minimum Gasteiger partial charge on any atom is -0.354 e. The molecule has 2 aliphatic rings. The summed E-state index contributed by atoms with van der Waals surface area (Å²) in [6.45, 7) is 3.92. The van der Waals surface area contributed by atoms with Crippen LogP contribution in [0.3, 0.4) is 0 Å². The lowest BCUT2D eigenvalue weighted by atomic mass is 9.98. The highest BCUT2D eigenvalue weighted by molar-refractivity contribution is 5.86. The Morgan fingerprint density at radius 3 is 2.73 bits per heavy atom. The van der Waals surface area contributed by atoms with Gasteiger partial charge < -0.3 is 11.1 Å². The zero-order chi connectivity index (χ0) is 15.4. The number of benzene rings is 1. The highest BCUT2D eigenvalue weighted by atomic mass is 16.2. The predicted octanol–water partition coefficient (Wildman–Crippen LogP) is 1.82. The van der Waals surface area contributed by atoms with Crippen molar-refractivity contribution in [3.05, 3.63) is 35.4 Å². The van der Waals surface area contributed by atoms with Crippen molar-refractivity contribution in [2.75, 3.05) is 19.6 Å². The Labute approximate surface area is 133 Å². The molecule has 1 aromatic rings. The third-order valence-corrected chi connectivity index (χ3v) is 5.09. The van der Waals surface area contributed by atoms with E-state index in [1.807, 2.05) is 0 Å². The maximum absolute atomic E-state index is 12.1. The highest BCUT2D eigenvalue weighted by Crippen LogP contribution is 2.27. The molecule has 1 amide bonds. The summed E-state index contributed by atoms with van der Waals surface area (Å²) >= 11 is 0. The van der Waals surface area contributed by atoms with Crippen molar-refractivity contribution >= 4 is 5.91 Å². The van der Waals surface area contributed by atoms with Gasteiger partial charge in [0.25, 0.3) is 0 Å². The van der Waals surface area contributed by atoms with Gasteiger partial charge in [-0.25, -0.2) is 0 Å². The minimum atomic E-state index is -0.593. The molecule has 1 saturated carbocycles. The van der Waals surface area contributed by atoms with Crippen molar-refractivity contribution in [2.45, 2.75) is 50.6 Å². The van der Waals surface area contributed by atoms with Gasteiger partial charge in [0.05, 0.1) is 5.54 Å². The van der Waals surface area contributed by atoms with Crippen molar-refractivity contribution in [1.82, 2.24) is 10.2 Å². The molecule has 1 aliphatic carbocycles. The van der Waals surface area contributed by atoms with Gasteiger partial charge in [-0.2, -0.15) is 0 Å². The van der Waals surface area contributed by atoms with E-state index in [9.17, 15) is 4.79 Å². The average Bonchev–Trinajstić information content (AvgIpc) is 2.99. The van der Waals surface area contributed by atoms with Crippen LogP contribution < -0.4 is 11.1 Å². The number of amides is 1. The van der Waals surface area contributed by atoms with Gasteiger partial charge in [0, 0.05) is 26.2 Å². The Kier molecular flexibility index (Phi) is 4.79. The molecule has 22 heavy (non-hydrogen) atoms. The van der Waals surface area contributed by atoms with Gasteiger partial charge in [-0.1, -0.05) is 37.1 Å². The fourth-order valence-electron chi connectivity index (χ4n) is 3.66. The molecule has 0 radical (unpaired) electrons. The second-order valence-electron chi connectivity index (χ2n) is 6.77. The van der Waals surface area contributed by atoms with Crippen molar-refractivity contribution in [3.8, 4) is 0 Å². The van der Waals surface area contributed by atoms with Crippen LogP contribution >= 0.6 is 0 Å². The third kappa shape index (κ3) is 3.50. The molecular formula is C18H27N3O. The molecule has 0 bridgehead atoms. The van der Waals surface area contributed by atoms with Gasteiger partial charge in [0.1, 0.15) is 0 Å². The van der Waals surface area contributed by atoms with Gasteiger partial charge in [-0.3, -0.25) is 9.69 Å². The summed E-state index contributed by atoms with van der Waals surface area (Å²) in [5, 5.41) is 3.03. The molecule has 3 N–H and O–H groups in total. The summed E-state index contributed by atoms with van der Waals surface area (Å²) in [4.78, 5) is 14.6. The van der Waals surface area contributed by atoms with Crippen LogP contribution in [-0.2, 0) is 17.8 Å². The summed E-state index contributed by atoms with van der Waals surface area (Å²) < 4.78 is 0. The Balaban J connectivity index is 1.38. The van der Waals surface area contributed by atoms with E-state index in [0.717, 1.165) is 64.7 Å². The highest BCUT2D eigenvalue weighted by Gasteiger charge is 2.36. The maximum atomic E-state index is 12.1. The van der Waals surface area contributed by atoms with Crippen molar-refractivity contribution < 1.29 is 4.79 Å². The number of nitrogens with two attached hydrogens (primary N) is 1. The minimum absolute atomic E-state index is 0.0500. The van der Waals surface area contributed by atoms with E-state index in [1.54, 1.807) is 0 Å². The first-order chi connectivity index (χ1) is 10.7. The normalized spacial score (nSPS) is 20.6. The lowest BCUT2D eigenvalue weighted by molar-refractivity contribution is -0.126. The van der Waals surface area contributed by atoms with Crippen LogP contribution in [0.4, 0.5) is 0 Å². The predicted molar refractivity (Wildman–Crippen MR) is 88.4 cm³/mol. The van der Waals surface area contributed by atoms with Crippen LogP contribution in [0, 0.1) is 0 Å². The summed E-state index contributed by atoms with van der Waals surface area (Å²) in [6, 6.07) is 8.69. The van der Waals surface area contributed by atoms with Gasteiger partial charge >= 0.3 is 0 Å². The zero-order valence-corrected chi connectivity index (χ0v) is 13.3. The van der Waals surface area contributed by atoms with Gasteiger partial charge in [-0.05, 0) is 36.8 Å². The largest absolute Gasteiger partial charge is 0.354 e. The number of hydrogen-bond donors (Lipinski definition) is 2. The molecule has 3 rings (SSSR count). The number of carbonyl (C=O) groups excluding carboxylic acids is 1. The molecule has 1 aliphatic heterocycles. The van der Waals surface area contributed by atoms with E-state index in [-0.39, 0.29) is 5.91 Å². The van der Waals surface area contributed by atoms with E-state index in [4.69, 9.17) is 5.73 Å². The molecule has 4 nitrogen and oxygen atoms in total. The summed E-state index contributed by atoms with van der Waals surface area (Å²) in [5.74, 6) is 0.0500. The first-order valence-electron chi connectivity index (χ1n) is 8.54. The fourth-order valence-corrected chi connectivity index (χ4v) is 3.66. The Morgan fingerprint density at radius 2 is 1.95 bits per heavy atom.